The summed E-state index contributed by atoms with van der Waals surface area (Å²) < 4.78 is 5.23. The van der Waals surface area contributed by atoms with Crippen molar-refractivity contribution in [1.29, 1.82) is 0 Å². The van der Waals surface area contributed by atoms with Gasteiger partial charge in [0.05, 0.1) is 7.11 Å². The molecule has 1 aliphatic heterocycles. The number of hydrogen-bond donors (Lipinski definition) is 2. The topological polar surface area (TPSA) is 67.6 Å². The largest absolute Gasteiger partial charge is 0.496 e. The number of likely N-dealkylation sites (N-methyl/N-ethyl adjacent to an activating group) is 1. The molecule has 1 saturated heterocycles. The molecule has 1 aliphatic rings. The van der Waals surface area contributed by atoms with E-state index in [-0.39, 0.29) is 11.9 Å². The second-order valence-corrected chi connectivity index (χ2v) is 5.13. The fraction of sp³-hybridized carbons (Fsp3) is 0.533. The predicted molar refractivity (Wildman–Crippen MR) is 80.0 cm³/mol. The van der Waals surface area contributed by atoms with Gasteiger partial charge in [-0.1, -0.05) is 13.0 Å². The normalized spacial score (nSPS) is 19.6. The fourth-order valence-electron chi connectivity index (χ4n) is 2.68. The molecule has 1 fully saturated rings. The van der Waals surface area contributed by atoms with Crippen LogP contribution in [0.5, 0.6) is 5.75 Å². The smallest absolute Gasteiger partial charge is 0.257 e. The van der Waals surface area contributed by atoms with Gasteiger partial charge in [0, 0.05) is 18.3 Å². The zero-order valence-electron chi connectivity index (χ0n) is 12.2. The first-order valence-corrected chi connectivity index (χ1v) is 7.11. The molecule has 0 aromatic heterocycles. The average molecular weight is 277 g/mol. The van der Waals surface area contributed by atoms with E-state index in [1.54, 1.807) is 25.3 Å². The van der Waals surface area contributed by atoms with Crippen molar-refractivity contribution in [3.05, 3.63) is 23.8 Å². The number of methoxy groups -OCH3 is 1. The monoisotopic (exact) mass is 277 g/mol. The Bertz CT molecular complexity index is 476. The second-order valence-electron chi connectivity index (χ2n) is 5.13. The van der Waals surface area contributed by atoms with Crippen LogP contribution in [-0.4, -0.2) is 43.6 Å². The van der Waals surface area contributed by atoms with E-state index in [2.05, 4.69) is 17.1 Å². The molecule has 5 heteroatoms. The van der Waals surface area contributed by atoms with Crippen molar-refractivity contribution >= 4 is 11.6 Å². The molecule has 1 aromatic carbocycles. The van der Waals surface area contributed by atoms with Gasteiger partial charge in [-0.2, -0.15) is 0 Å². The third-order valence-corrected chi connectivity index (χ3v) is 3.79. The lowest BCUT2D eigenvalue weighted by Crippen LogP contribution is -2.47. The van der Waals surface area contributed by atoms with Crippen molar-refractivity contribution in [2.24, 2.45) is 0 Å². The number of carbonyl (C=O) groups is 1. The van der Waals surface area contributed by atoms with Crippen LogP contribution in [0.3, 0.4) is 0 Å². The van der Waals surface area contributed by atoms with Gasteiger partial charge in [-0.3, -0.25) is 4.79 Å². The van der Waals surface area contributed by atoms with Crippen LogP contribution in [-0.2, 0) is 0 Å². The number of nitrogens with two attached hydrogens (primary N) is 1. The zero-order valence-corrected chi connectivity index (χ0v) is 12.2. The number of ether oxygens (including phenoxy) is 1. The molecule has 0 bridgehead atoms. The average Bonchev–Trinajstić information content (AvgIpc) is 2.46. The highest BCUT2D eigenvalue weighted by atomic mass is 16.5. The van der Waals surface area contributed by atoms with Crippen LogP contribution < -0.4 is 15.8 Å². The third-order valence-electron chi connectivity index (χ3n) is 3.79. The van der Waals surface area contributed by atoms with Crippen molar-refractivity contribution in [3.63, 3.8) is 0 Å². The maximum atomic E-state index is 12.4. The molecule has 2 rings (SSSR count). The standard InChI is InChI=1S/C15H23N3O2/c1-3-18-9-5-6-11(10-18)17-15(19)14-12(16)7-4-8-13(14)20-2/h4,7-8,11H,3,5-6,9-10,16H2,1-2H3,(H,17,19). The van der Waals surface area contributed by atoms with Crippen LogP contribution in [0, 0.1) is 0 Å². The Labute approximate surface area is 120 Å². The number of piperidine rings is 1. The number of anilines is 1. The van der Waals surface area contributed by atoms with Gasteiger partial charge in [-0.15, -0.1) is 0 Å². The quantitative estimate of drug-likeness (QED) is 0.818. The van der Waals surface area contributed by atoms with Crippen molar-refractivity contribution in [2.45, 2.75) is 25.8 Å². The molecule has 1 amide bonds. The van der Waals surface area contributed by atoms with Gasteiger partial charge in [0.25, 0.3) is 5.91 Å². The molecule has 0 spiro atoms. The summed E-state index contributed by atoms with van der Waals surface area (Å²) in [6.45, 7) is 5.17. The van der Waals surface area contributed by atoms with Crippen molar-refractivity contribution < 1.29 is 9.53 Å². The Morgan fingerprint density at radius 2 is 2.35 bits per heavy atom. The maximum absolute atomic E-state index is 12.4. The summed E-state index contributed by atoms with van der Waals surface area (Å²) in [4.78, 5) is 14.8. The van der Waals surface area contributed by atoms with Gasteiger partial charge in [-0.25, -0.2) is 0 Å². The summed E-state index contributed by atoms with van der Waals surface area (Å²) in [7, 11) is 1.55. The van der Waals surface area contributed by atoms with E-state index in [9.17, 15) is 4.79 Å². The number of nitrogen functional groups attached to an aromatic ring is 1. The first-order valence-electron chi connectivity index (χ1n) is 7.11. The van der Waals surface area contributed by atoms with E-state index in [0.717, 1.165) is 32.5 Å². The summed E-state index contributed by atoms with van der Waals surface area (Å²) in [6.07, 6.45) is 2.12. The number of nitrogens with one attached hydrogen (secondary N) is 1. The molecule has 0 saturated carbocycles. The van der Waals surface area contributed by atoms with Crippen LogP contribution >= 0.6 is 0 Å². The van der Waals surface area contributed by atoms with Crippen LogP contribution in [0.4, 0.5) is 5.69 Å². The summed E-state index contributed by atoms with van der Waals surface area (Å²) in [5.41, 5.74) is 6.79. The van der Waals surface area contributed by atoms with E-state index in [1.807, 2.05) is 0 Å². The third kappa shape index (κ3) is 3.22. The van der Waals surface area contributed by atoms with Crippen molar-refractivity contribution in [3.8, 4) is 5.75 Å². The minimum Gasteiger partial charge on any atom is -0.496 e. The van der Waals surface area contributed by atoms with Gasteiger partial charge >= 0.3 is 0 Å². The molecular formula is C15H23N3O2. The second kappa shape index (κ2) is 6.61. The Kier molecular flexibility index (Phi) is 4.84. The van der Waals surface area contributed by atoms with Crippen molar-refractivity contribution in [2.75, 3.05) is 32.5 Å². The van der Waals surface area contributed by atoms with Crippen LogP contribution in [0.25, 0.3) is 0 Å². The number of likely N-dealkylation sites (tertiary alicyclic amines) is 1. The molecule has 20 heavy (non-hydrogen) atoms. The van der Waals surface area contributed by atoms with E-state index in [4.69, 9.17) is 10.5 Å². The molecule has 0 aliphatic carbocycles. The van der Waals surface area contributed by atoms with Crippen LogP contribution in [0.15, 0.2) is 18.2 Å². The number of amides is 1. The van der Waals surface area contributed by atoms with Gasteiger partial charge < -0.3 is 20.7 Å². The maximum Gasteiger partial charge on any atom is 0.257 e. The molecule has 1 aromatic rings. The van der Waals surface area contributed by atoms with Crippen molar-refractivity contribution in [1.82, 2.24) is 10.2 Å². The lowest BCUT2D eigenvalue weighted by Gasteiger charge is -2.32. The predicted octanol–water partition coefficient (Wildman–Crippen LogP) is 1.49. The van der Waals surface area contributed by atoms with Gasteiger partial charge in [0.15, 0.2) is 0 Å². The lowest BCUT2D eigenvalue weighted by atomic mass is 10.0. The summed E-state index contributed by atoms with van der Waals surface area (Å²) in [5, 5.41) is 3.07. The van der Waals surface area contributed by atoms with E-state index >= 15 is 0 Å². The molecule has 0 radical (unpaired) electrons. The van der Waals surface area contributed by atoms with E-state index in [0.29, 0.717) is 17.0 Å². The fourth-order valence-corrected chi connectivity index (χ4v) is 2.68. The van der Waals surface area contributed by atoms with Gasteiger partial charge in [0.2, 0.25) is 0 Å². The van der Waals surface area contributed by atoms with Gasteiger partial charge in [0.1, 0.15) is 11.3 Å². The molecule has 5 nitrogen and oxygen atoms in total. The summed E-state index contributed by atoms with van der Waals surface area (Å²) >= 11 is 0. The number of carbonyl (C=O) groups excluding carboxylic acids is 1. The Morgan fingerprint density at radius 3 is 3.05 bits per heavy atom. The highest BCUT2D eigenvalue weighted by molar-refractivity contribution is 6.02. The molecule has 3 N–H and O–H groups in total. The molecular weight excluding hydrogens is 254 g/mol. The summed E-state index contributed by atoms with van der Waals surface area (Å²) in [6, 6.07) is 5.44. The number of hydrogen-bond acceptors (Lipinski definition) is 4. The van der Waals surface area contributed by atoms with E-state index in [1.165, 1.54) is 0 Å². The summed E-state index contributed by atoms with van der Waals surface area (Å²) in [5.74, 6) is 0.369. The lowest BCUT2D eigenvalue weighted by molar-refractivity contribution is 0.0904. The first-order chi connectivity index (χ1) is 9.65. The zero-order chi connectivity index (χ0) is 14.5. The highest BCUT2D eigenvalue weighted by Gasteiger charge is 2.23. The number of nitrogens with zero attached hydrogens (tertiary/aromatic N) is 1. The molecule has 1 heterocycles. The Balaban J connectivity index is 2.08. The Hall–Kier alpha value is -1.75. The minimum absolute atomic E-state index is 0.150. The Morgan fingerprint density at radius 1 is 1.55 bits per heavy atom. The number of benzene rings is 1. The van der Waals surface area contributed by atoms with Crippen LogP contribution in [0.2, 0.25) is 0 Å². The highest BCUT2D eigenvalue weighted by Crippen LogP contribution is 2.24. The van der Waals surface area contributed by atoms with Crippen LogP contribution in [0.1, 0.15) is 30.1 Å². The SMILES string of the molecule is CCN1CCCC(NC(=O)c2c(N)cccc2OC)C1. The number of rotatable bonds is 4. The van der Waals surface area contributed by atoms with Gasteiger partial charge in [-0.05, 0) is 38.1 Å². The first kappa shape index (κ1) is 14.7. The molecule has 1 atom stereocenters. The molecule has 1 unspecified atom stereocenters. The van der Waals surface area contributed by atoms with E-state index < -0.39 is 0 Å². The molecule has 110 valence electrons. The minimum atomic E-state index is -0.150.